The van der Waals surface area contributed by atoms with Crippen LogP contribution >= 0.6 is 0 Å². The number of aliphatic imine (C=N–C) groups is 1. The minimum Gasteiger partial charge on any atom is -0.282 e. The van der Waals surface area contributed by atoms with E-state index in [9.17, 15) is 0 Å². The quantitative estimate of drug-likeness (QED) is 0.588. The molecule has 1 nitrogen and oxygen atoms in total. The van der Waals surface area contributed by atoms with E-state index in [0.717, 1.165) is 12.1 Å². The molecule has 74 valence electrons. The molecule has 0 aromatic heterocycles. The van der Waals surface area contributed by atoms with Crippen LogP contribution in [0.5, 0.6) is 0 Å². The first-order valence-corrected chi connectivity index (χ1v) is 5.34. The lowest BCUT2D eigenvalue weighted by molar-refractivity contribution is 0.421. The minimum atomic E-state index is 0.409. The van der Waals surface area contributed by atoms with Crippen LogP contribution in [0.2, 0.25) is 0 Å². The van der Waals surface area contributed by atoms with Crippen molar-refractivity contribution < 1.29 is 0 Å². The molecule has 1 heterocycles. The third-order valence-electron chi connectivity index (χ3n) is 3.03. The van der Waals surface area contributed by atoms with E-state index < -0.39 is 0 Å². The Labute approximate surface area is 85.9 Å². The lowest BCUT2D eigenvalue weighted by atomic mass is 9.81. The SMILES string of the molecule is C=CCC1CCC=C2C=CC(C)=NC21. The second kappa shape index (κ2) is 3.95. The maximum Gasteiger partial charge on any atom is 0.0780 e. The predicted octanol–water partition coefficient (Wildman–Crippen LogP) is 3.30. The van der Waals surface area contributed by atoms with E-state index in [1.165, 1.54) is 18.4 Å². The third kappa shape index (κ3) is 1.72. The standard InChI is InChI=1S/C13H17N/c1-3-5-11-6-4-7-12-9-8-10(2)14-13(11)12/h3,7-9,11,13H,1,4-6H2,2H3. The van der Waals surface area contributed by atoms with Crippen LogP contribution < -0.4 is 0 Å². The summed E-state index contributed by atoms with van der Waals surface area (Å²) in [6, 6.07) is 0.409. The number of allylic oxidation sites excluding steroid dienone is 3. The Bertz CT molecular complexity index is 320. The number of rotatable bonds is 2. The summed E-state index contributed by atoms with van der Waals surface area (Å²) >= 11 is 0. The second-order valence-corrected chi connectivity index (χ2v) is 4.11. The van der Waals surface area contributed by atoms with Gasteiger partial charge in [-0.1, -0.05) is 18.2 Å². The average molecular weight is 187 g/mol. The van der Waals surface area contributed by atoms with Gasteiger partial charge in [-0.2, -0.15) is 0 Å². The fourth-order valence-electron chi connectivity index (χ4n) is 2.30. The molecule has 1 aliphatic carbocycles. The normalized spacial score (nSPS) is 30.4. The van der Waals surface area contributed by atoms with Gasteiger partial charge in [0, 0.05) is 5.71 Å². The molecule has 2 rings (SSSR count). The highest BCUT2D eigenvalue weighted by molar-refractivity contribution is 5.94. The van der Waals surface area contributed by atoms with Gasteiger partial charge in [-0.3, -0.25) is 4.99 Å². The molecule has 0 bridgehead atoms. The Morgan fingerprint density at radius 3 is 3.21 bits per heavy atom. The smallest absolute Gasteiger partial charge is 0.0780 e. The largest absolute Gasteiger partial charge is 0.282 e. The molecule has 0 aromatic carbocycles. The molecule has 2 atom stereocenters. The first-order valence-electron chi connectivity index (χ1n) is 5.34. The van der Waals surface area contributed by atoms with Gasteiger partial charge in [0.15, 0.2) is 0 Å². The summed E-state index contributed by atoms with van der Waals surface area (Å²) in [4.78, 5) is 4.72. The molecule has 0 fully saturated rings. The van der Waals surface area contributed by atoms with Crippen LogP contribution in [-0.4, -0.2) is 11.8 Å². The second-order valence-electron chi connectivity index (χ2n) is 4.11. The zero-order chi connectivity index (χ0) is 9.97. The molecular formula is C13H17N. The molecule has 0 radical (unpaired) electrons. The lowest BCUT2D eigenvalue weighted by Gasteiger charge is -2.30. The summed E-state index contributed by atoms with van der Waals surface area (Å²) in [5.41, 5.74) is 2.57. The molecule has 0 saturated heterocycles. The highest BCUT2D eigenvalue weighted by Gasteiger charge is 2.26. The summed E-state index contributed by atoms with van der Waals surface area (Å²) in [5.74, 6) is 0.674. The Morgan fingerprint density at radius 2 is 2.43 bits per heavy atom. The molecule has 2 unspecified atom stereocenters. The van der Waals surface area contributed by atoms with Crippen molar-refractivity contribution in [3.63, 3.8) is 0 Å². The van der Waals surface area contributed by atoms with Gasteiger partial charge in [-0.25, -0.2) is 0 Å². The summed E-state index contributed by atoms with van der Waals surface area (Å²) < 4.78 is 0. The molecule has 2 aliphatic rings. The van der Waals surface area contributed by atoms with Gasteiger partial charge >= 0.3 is 0 Å². The molecule has 1 heteroatoms. The van der Waals surface area contributed by atoms with Crippen molar-refractivity contribution in [2.24, 2.45) is 10.9 Å². The summed E-state index contributed by atoms with van der Waals surface area (Å²) in [6.07, 6.45) is 12.2. The molecule has 1 aliphatic heterocycles. The Morgan fingerprint density at radius 1 is 1.57 bits per heavy atom. The highest BCUT2D eigenvalue weighted by Crippen LogP contribution is 2.32. The molecule has 0 spiro atoms. The van der Waals surface area contributed by atoms with Crippen LogP contribution in [0.4, 0.5) is 0 Å². The fourth-order valence-corrected chi connectivity index (χ4v) is 2.30. The van der Waals surface area contributed by atoms with Crippen LogP contribution in [-0.2, 0) is 0 Å². The van der Waals surface area contributed by atoms with Crippen molar-refractivity contribution in [2.75, 3.05) is 0 Å². The monoisotopic (exact) mass is 187 g/mol. The molecular weight excluding hydrogens is 170 g/mol. The summed E-state index contributed by atoms with van der Waals surface area (Å²) in [6.45, 7) is 5.90. The van der Waals surface area contributed by atoms with Crippen LogP contribution in [0.1, 0.15) is 26.2 Å². The predicted molar refractivity (Wildman–Crippen MR) is 61.7 cm³/mol. The maximum absolute atomic E-state index is 4.72. The Hall–Kier alpha value is -1.11. The van der Waals surface area contributed by atoms with Gasteiger partial charge in [-0.05, 0) is 43.8 Å². The van der Waals surface area contributed by atoms with Gasteiger partial charge < -0.3 is 0 Å². The van der Waals surface area contributed by atoms with Crippen LogP contribution in [0.15, 0.2) is 41.4 Å². The number of fused-ring (bicyclic) bond motifs is 1. The zero-order valence-electron chi connectivity index (χ0n) is 8.74. The topological polar surface area (TPSA) is 12.4 Å². The van der Waals surface area contributed by atoms with Crippen molar-refractivity contribution >= 4 is 5.71 Å². The van der Waals surface area contributed by atoms with E-state index in [1.54, 1.807) is 0 Å². The average Bonchev–Trinajstić information content (AvgIpc) is 2.19. The minimum absolute atomic E-state index is 0.409. The first kappa shape index (κ1) is 9.45. The summed E-state index contributed by atoms with van der Waals surface area (Å²) in [7, 11) is 0. The molecule has 0 amide bonds. The van der Waals surface area contributed by atoms with E-state index in [1.807, 2.05) is 6.08 Å². The van der Waals surface area contributed by atoms with Crippen molar-refractivity contribution in [2.45, 2.75) is 32.2 Å². The van der Waals surface area contributed by atoms with E-state index in [4.69, 9.17) is 4.99 Å². The molecule has 0 N–H and O–H groups in total. The van der Waals surface area contributed by atoms with Crippen LogP contribution in [0.3, 0.4) is 0 Å². The van der Waals surface area contributed by atoms with E-state index in [-0.39, 0.29) is 0 Å². The van der Waals surface area contributed by atoms with E-state index in [0.29, 0.717) is 12.0 Å². The van der Waals surface area contributed by atoms with Crippen molar-refractivity contribution in [3.8, 4) is 0 Å². The maximum atomic E-state index is 4.72. The number of dihydropyridines is 1. The summed E-state index contributed by atoms with van der Waals surface area (Å²) in [5, 5.41) is 0. The van der Waals surface area contributed by atoms with Gasteiger partial charge in [0.2, 0.25) is 0 Å². The molecule has 14 heavy (non-hydrogen) atoms. The van der Waals surface area contributed by atoms with E-state index in [2.05, 4.69) is 31.7 Å². The molecule has 0 saturated carbocycles. The van der Waals surface area contributed by atoms with Gasteiger partial charge in [0.05, 0.1) is 6.04 Å². The zero-order valence-corrected chi connectivity index (χ0v) is 8.74. The van der Waals surface area contributed by atoms with Crippen molar-refractivity contribution in [1.82, 2.24) is 0 Å². The van der Waals surface area contributed by atoms with Crippen LogP contribution in [0.25, 0.3) is 0 Å². The number of hydrogen-bond donors (Lipinski definition) is 0. The number of hydrogen-bond acceptors (Lipinski definition) is 1. The van der Waals surface area contributed by atoms with Crippen LogP contribution in [0, 0.1) is 5.92 Å². The first-order chi connectivity index (χ1) is 6.81. The fraction of sp³-hybridized carbons (Fsp3) is 0.462. The lowest BCUT2D eigenvalue weighted by Crippen LogP contribution is -2.26. The number of nitrogens with zero attached hydrogens (tertiary/aromatic N) is 1. The van der Waals surface area contributed by atoms with Crippen molar-refractivity contribution in [3.05, 3.63) is 36.5 Å². The van der Waals surface area contributed by atoms with Gasteiger partial charge in [0.25, 0.3) is 0 Å². The van der Waals surface area contributed by atoms with E-state index >= 15 is 0 Å². The Kier molecular flexibility index (Phi) is 2.67. The highest BCUT2D eigenvalue weighted by atomic mass is 14.8. The Balaban J connectivity index is 2.23. The molecule has 0 aromatic rings. The van der Waals surface area contributed by atoms with Gasteiger partial charge in [-0.15, -0.1) is 6.58 Å². The van der Waals surface area contributed by atoms with Crippen molar-refractivity contribution in [1.29, 1.82) is 0 Å². The van der Waals surface area contributed by atoms with Gasteiger partial charge in [0.1, 0.15) is 0 Å². The third-order valence-corrected chi connectivity index (χ3v) is 3.03.